The third-order valence-electron chi connectivity index (χ3n) is 10.9. The summed E-state index contributed by atoms with van der Waals surface area (Å²) in [4.78, 5) is 12.8. The van der Waals surface area contributed by atoms with Crippen LogP contribution in [0.2, 0.25) is 0 Å². The molecule has 344 valence electrons. The third kappa shape index (κ3) is 30.8. The van der Waals surface area contributed by atoms with E-state index in [4.69, 9.17) is 23.5 Å². The van der Waals surface area contributed by atoms with E-state index in [0.29, 0.717) is 13.0 Å². The van der Waals surface area contributed by atoms with Crippen LogP contribution in [0.15, 0.2) is 12.2 Å². The highest BCUT2D eigenvalue weighted by Gasteiger charge is 2.48. The minimum Gasteiger partial charge on any atom is -0.457 e. The molecule has 6 unspecified atom stereocenters. The maximum Gasteiger partial charge on any atom is 0.397 e. The highest BCUT2D eigenvalue weighted by Crippen LogP contribution is 2.26. The van der Waals surface area contributed by atoms with Gasteiger partial charge < -0.3 is 34.3 Å². The Hall–Kier alpha value is -1.16. The smallest absolute Gasteiger partial charge is 0.397 e. The lowest BCUT2D eigenvalue weighted by molar-refractivity contribution is -0.301. The van der Waals surface area contributed by atoms with E-state index in [1.807, 2.05) is 0 Å². The van der Waals surface area contributed by atoms with Crippen LogP contribution in [0.1, 0.15) is 206 Å². The predicted molar refractivity (Wildman–Crippen MR) is 230 cm³/mol. The van der Waals surface area contributed by atoms with Crippen molar-refractivity contribution in [3.8, 4) is 0 Å². The van der Waals surface area contributed by atoms with E-state index >= 15 is 0 Å². The summed E-state index contributed by atoms with van der Waals surface area (Å²) in [7, 11) is -5.06. The Morgan fingerprint density at radius 1 is 0.638 bits per heavy atom. The van der Waals surface area contributed by atoms with Gasteiger partial charge in [0.05, 0.1) is 19.8 Å². The molecule has 0 radical (unpaired) electrons. The minimum atomic E-state index is -5.06. The molecule has 4 N–H and O–H groups in total. The lowest BCUT2D eigenvalue weighted by Gasteiger charge is -2.41. The van der Waals surface area contributed by atoms with Crippen molar-refractivity contribution in [1.82, 2.24) is 0 Å². The third-order valence-corrected chi connectivity index (χ3v) is 11.4. The highest BCUT2D eigenvalue weighted by molar-refractivity contribution is 7.80. The van der Waals surface area contributed by atoms with Crippen LogP contribution in [0.5, 0.6) is 0 Å². The summed E-state index contributed by atoms with van der Waals surface area (Å²) in [5, 5.41) is 30.7. The van der Waals surface area contributed by atoms with Gasteiger partial charge in [-0.15, -0.1) is 0 Å². The highest BCUT2D eigenvalue weighted by atomic mass is 32.3. The van der Waals surface area contributed by atoms with Crippen LogP contribution in [0.4, 0.5) is 0 Å². The number of hydrogen-bond acceptors (Lipinski definition) is 11. The summed E-state index contributed by atoms with van der Waals surface area (Å²) in [6, 6.07) is 0. The van der Waals surface area contributed by atoms with E-state index in [-0.39, 0.29) is 19.6 Å². The van der Waals surface area contributed by atoms with Gasteiger partial charge >= 0.3 is 16.4 Å². The van der Waals surface area contributed by atoms with Crippen LogP contribution in [0.25, 0.3) is 0 Å². The summed E-state index contributed by atoms with van der Waals surface area (Å²) < 4.78 is 59.1. The summed E-state index contributed by atoms with van der Waals surface area (Å²) in [5.74, 6) is -0.404. The Balaban J connectivity index is 2.41. The second-order valence-corrected chi connectivity index (χ2v) is 17.4. The zero-order valence-corrected chi connectivity index (χ0v) is 37.4. The Kier molecular flexibility index (Phi) is 35.6. The first kappa shape index (κ1) is 54.9. The fraction of sp³-hybridized carbons (Fsp3) is 0.933. The Morgan fingerprint density at radius 2 is 1.09 bits per heavy atom. The molecule has 0 saturated carbocycles. The van der Waals surface area contributed by atoms with E-state index in [1.165, 1.54) is 122 Å². The molecule has 1 saturated heterocycles. The number of hydrogen-bond donors (Lipinski definition) is 4. The number of aliphatic hydroxyl groups is 3. The zero-order valence-electron chi connectivity index (χ0n) is 36.6. The van der Waals surface area contributed by atoms with Gasteiger partial charge in [-0.05, 0) is 38.5 Å². The molecule has 1 fully saturated rings. The van der Waals surface area contributed by atoms with Crippen molar-refractivity contribution in [1.29, 1.82) is 0 Å². The molecule has 0 spiro atoms. The molecule has 1 aliphatic heterocycles. The lowest BCUT2D eigenvalue weighted by Crippen LogP contribution is -2.60. The van der Waals surface area contributed by atoms with Crippen LogP contribution in [0, 0.1) is 0 Å². The number of ether oxygens (including phenoxy) is 4. The maximum absolute atomic E-state index is 12.8. The molecule has 12 nitrogen and oxygen atoms in total. The van der Waals surface area contributed by atoms with Gasteiger partial charge in [0.2, 0.25) is 0 Å². The van der Waals surface area contributed by atoms with E-state index < -0.39 is 59.8 Å². The van der Waals surface area contributed by atoms with Crippen LogP contribution in [0.3, 0.4) is 0 Å². The molecule has 1 heterocycles. The van der Waals surface area contributed by atoms with Gasteiger partial charge in [0.15, 0.2) is 6.29 Å². The number of allylic oxidation sites excluding steroid dienone is 2. The quantitative estimate of drug-likeness (QED) is 0.0198. The Labute approximate surface area is 353 Å². The molecule has 0 aromatic heterocycles. The fourth-order valence-corrected chi connectivity index (χ4v) is 7.82. The topological polar surface area (TPSA) is 178 Å². The van der Waals surface area contributed by atoms with Gasteiger partial charge in [0.25, 0.3) is 0 Å². The van der Waals surface area contributed by atoms with E-state index in [2.05, 4.69) is 30.2 Å². The van der Waals surface area contributed by atoms with Crippen molar-refractivity contribution in [2.45, 2.75) is 243 Å². The van der Waals surface area contributed by atoms with Crippen LogP contribution >= 0.6 is 0 Å². The number of carbonyl (C=O) groups is 1. The first-order chi connectivity index (χ1) is 28.1. The summed E-state index contributed by atoms with van der Waals surface area (Å²) in [5.41, 5.74) is 0. The van der Waals surface area contributed by atoms with E-state index in [9.17, 15) is 28.5 Å². The number of aliphatic hydroxyl groups excluding tert-OH is 3. The monoisotopic (exact) mass is 851 g/mol. The molecule has 13 heteroatoms. The van der Waals surface area contributed by atoms with Gasteiger partial charge in [0.1, 0.15) is 30.5 Å². The SMILES string of the molecule is CCCCCCCC/C=C\CCCCCCCC(=O)OC(COCCCCCCCCCCCCCCCCCC)COC1OC(CO)C(O)C(OS(=O)(=O)O)C1O. The van der Waals surface area contributed by atoms with Crippen molar-refractivity contribution in [2.24, 2.45) is 0 Å². The van der Waals surface area contributed by atoms with Gasteiger partial charge in [-0.3, -0.25) is 9.35 Å². The maximum atomic E-state index is 12.8. The number of carbonyl (C=O) groups excluding carboxylic acids is 1. The first-order valence-electron chi connectivity index (χ1n) is 23.4. The van der Waals surface area contributed by atoms with Crippen molar-refractivity contribution in [3.63, 3.8) is 0 Å². The van der Waals surface area contributed by atoms with Crippen LogP contribution in [-0.4, -0.2) is 97.5 Å². The average Bonchev–Trinajstić information content (AvgIpc) is 3.19. The Morgan fingerprint density at radius 3 is 1.55 bits per heavy atom. The summed E-state index contributed by atoms with van der Waals surface area (Å²) >= 11 is 0. The molecule has 58 heavy (non-hydrogen) atoms. The number of esters is 1. The van der Waals surface area contributed by atoms with Crippen molar-refractivity contribution in [2.75, 3.05) is 26.4 Å². The standard InChI is InChI=1S/C45H86O12S/c1-3-5-7-9-11-13-15-17-19-21-23-25-27-29-31-33-35-53-37-39(38-54-45-43(49)44(57-58(50,51)52)42(48)40(36-46)56-45)55-41(47)34-32-30-28-26-24-22-20-18-16-14-12-10-8-6-4-2/h18,20,39-40,42-46,48-49H,3-17,19,21-38H2,1-2H3,(H,50,51,52)/b20-18-. The molecule has 1 rings (SSSR count). The molecular weight excluding hydrogens is 765 g/mol. The van der Waals surface area contributed by atoms with E-state index in [1.54, 1.807) is 0 Å². The first-order valence-corrected chi connectivity index (χ1v) is 24.8. The second-order valence-electron chi connectivity index (χ2n) is 16.4. The van der Waals surface area contributed by atoms with Crippen LogP contribution in [-0.2, 0) is 38.3 Å². The van der Waals surface area contributed by atoms with E-state index in [0.717, 1.165) is 57.8 Å². The lowest BCUT2D eigenvalue weighted by atomic mass is 9.99. The van der Waals surface area contributed by atoms with Gasteiger partial charge in [-0.1, -0.05) is 174 Å². The van der Waals surface area contributed by atoms with Gasteiger partial charge in [-0.2, -0.15) is 8.42 Å². The molecule has 6 atom stereocenters. The Bertz CT molecular complexity index is 1070. The minimum absolute atomic E-state index is 0.0384. The zero-order chi connectivity index (χ0) is 42.5. The van der Waals surface area contributed by atoms with Crippen molar-refractivity contribution in [3.05, 3.63) is 12.2 Å². The number of unbranched alkanes of at least 4 members (excludes halogenated alkanes) is 26. The van der Waals surface area contributed by atoms with Crippen molar-refractivity contribution >= 4 is 16.4 Å². The second kappa shape index (κ2) is 37.6. The van der Waals surface area contributed by atoms with Crippen LogP contribution < -0.4 is 0 Å². The molecule has 1 aliphatic rings. The number of rotatable bonds is 41. The molecule has 0 bridgehead atoms. The molecule has 0 amide bonds. The van der Waals surface area contributed by atoms with Gasteiger partial charge in [0, 0.05) is 13.0 Å². The average molecular weight is 851 g/mol. The molecule has 0 aliphatic carbocycles. The fourth-order valence-electron chi connectivity index (χ4n) is 7.32. The normalized spacial score (nSPS) is 20.6. The summed E-state index contributed by atoms with van der Waals surface area (Å²) in [6.45, 7) is 4.00. The van der Waals surface area contributed by atoms with Gasteiger partial charge in [-0.25, -0.2) is 4.18 Å². The molecule has 0 aromatic carbocycles. The summed E-state index contributed by atoms with van der Waals surface area (Å²) in [6.07, 6.45) is 31.0. The van der Waals surface area contributed by atoms with Crippen molar-refractivity contribution < 1.29 is 56.2 Å². The largest absolute Gasteiger partial charge is 0.457 e. The molecular formula is C45H86O12S. The molecule has 0 aromatic rings. The predicted octanol–water partition coefficient (Wildman–Crippen LogP) is 9.86.